The molecule has 1 unspecified atom stereocenters. The van der Waals surface area contributed by atoms with Crippen molar-refractivity contribution in [2.45, 2.75) is 19.8 Å². The number of hydrogen-bond acceptors (Lipinski definition) is 3. The highest BCUT2D eigenvalue weighted by Gasteiger charge is 2.14. The molecule has 0 aromatic heterocycles. The first kappa shape index (κ1) is 11.5. The van der Waals surface area contributed by atoms with Gasteiger partial charge in [-0.1, -0.05) is 6.92 Å². The topological polar surface area (TPSA) is 54.4 Å². The van der Waals surface area contributed by atoms with E-state index in [1.54, 1.807) is 18.7 Å². The molecular weight excluding hydrogens is 176 g/mol. The molecular formula is C8H14O3S. The van der Waals surface area contributed by atoms with Crippen LogP contribution < -0.4 is 0 Å². The van der Waals surface area contributed by atoms with Crippen molar-refractivity contribution in [3.05, 3.63) is 0 Å². The minimum atomic E-state index is -0.896. The average molecular weight is 190 g/mol. The van der Waals surface area contributed by atoms with Gasteiger partial charge in [-0.25, -0.2) is 0 Å². The maximum Gasteiger partial charge on any atom is 0.306 e. The first-order valence-corrected chi connectivity index (χ1v) is 5.20. The highest BCUT2D eigenvalue weighted by atomic mass is 32.2. The zero-order valence-corrected chi connectivity index (χ0v) is 8.19. The van der Waals surface area contributed by atoms with Crippen molar-refractivity contribution in [3.63, 3.8) is 0 Å². The molecule has 0 bridgehead atoms. The van der Waals surface area contributed by atoms with Crippen LogP contribution in [-0.2, 0) is 9.59 Å². The Morgan fingerprint density at radius 1 is 1.50 bits per heavy atom. The van der Waals surface area contributed by atoms with Gasteiger partial charge in [-0.05, 0) is 12.0 Å². The normalized spacial score (nSPS) is 12.5. The molecule has 0 saturated carbocycles. The smallest absolute Gasteiger partial charge is 0.306 e. The summed E-state index contributed by atoms with van der Waals surface area (Å²) in [4.78, 5) is 21.4. The quantitative estimate of drug-likeness (QED) is 0.688. The third-order valence-electron chi connectivity index (χ3n) is 1.54. The van der Waals surface area contributed by atoms with E-state index in [1.807, 2.05) is 6.26 Å². The molecule has 0 aliphatic heterocycles. The van der Waals surface area contributed by atoms with Gasteiger partial charge < -0.3 is 5.11 Å². The van der Waals surface area contributed by atoms with E-state index in [9.17, 15) is 9.59 Å². The van der Waals surface area contributed by atoms with E-state index in [0.29, 0.717) is 6.42 Å². The van der Waals surface area contributed by atoms with Crippen LogP contribution in [0.2, 0.25) is 0 Å². The second-order valence-corrected chi connectivity index (χ2v) is 3.71. The lowest BCUT2D eigenvalue weighted by Crippen LogP contribution is -2.14. The molecule has 12 heavy (non-hydrogen) atoms. The Bertz CT molecular complexity index is 168. The van der Waals surface area contributed by atoms with Crippen LogP contribution in [0.3, 0.4) is 0 Å². The minimum Gasteiger partial charge on any atom is -0.481 e. The Labute approximate surface area is 76.5 Å². The number of carboxylic acids is 1. The van der Waals surface area contributed by atoms with Gasteiger partial charge in [0.05, 0.1) is 5.92 Å². The zero-order chi connectivity index (χ0) is 9.56. The van der Waals surface area contributed by atoms with Crippen LogP contribution in [0.1, 0.15) is 19.8 Å². The standard InChI is InChI=1S/C8H14O3S/c1-6(8(10)11)5-7(9)3-4-12-2/h6H,3-5H2,1-2H3,(H,10,11). The van der Waals surface area contributed by atoms with Gasteiger partial charge in [0.2, 0.25) is 0 Å². The van der Waals surface area contributed by atoms with Crippen LogP contribution in [0.15, 0.2) is 0 Å². The number of ketones is 1. The second-order valence-electron chi connectivity index (χ2n) is 2.72. The fourth-order valence-electron chi connectivity index (χ4n) is 0.747. The molecule has 1 N–H and O–H groups in total. The predicted octanol–water partition coefficient (Wildman–Crippen LogP) is 1.42. The molecule has 0 heterocycles. The van der Waals surface area contributed by atoms with Crippen LogP contribution in [0.4, 0.5) is 0 Å². The molecule has 1 atom stereocenters. The number of carbonyl (C=O) groups excluding carboxylic acids is 1. The number of carboxylic acid groups (broad SMARTS) is 1. The molecule has 3 nitrogen and oxygen atoms in total. The van der Waals surface area contributed by atoms with E-state index in [2.05, 4.69) is 0 Å². The zero-order valence-electron chi connectivity index (χ0n) is 7.37. The molecule has 0 spiro atoms. The lowest BCUT2D eigenvalue weighted by molar-refractivity contribution is -0.143. The summed E-state index contributed by atoms with van der Waals surface area (Å²) in [5, 5.41) is 8.50. The minimum absolute atomic E-state index is 0.0410. The van der Waals surface area contributed by atoms with Crippen LogP contribution in [0.25, 0.3) is 0 Å². The number of hydrogen-bond donors (Lipinski definition) is 1. The molecule has 0 amide bonds. The molecule has 70 valence electrons. The Balaban J connectivity index is 3.61. The van der Waals surface area contributed by atoms with Crippen molar-refractivity contribution in [2.24, 2.45) is 5.92 Å². The van der Waals surface area contributed by atoms with Gasteiger partial charge in [-0.2, -0.15) is 11.8 Å². The van der Waals surface area contributed by atoms with Crippen LogP contribution in [0, 0.1) is 5.92 Å². The van der Waals surface area contributed by atoms with Gasteiger partial charge in [0.1, 0.15) is 5.78 Å². The lowest BCUT2D eigenvalue weighted by Gasteiger charge is -2.03. The molecule has 0 rings (SSSR count). The Morgan fingerprint density at radius 2 is 2.08 bits per heavy atom. The summed E-state index contributed by atoms with van der Waals surface area (Å²) < 4.78 is 0. The molecule has 0 fully saturated rings. The van der Waals surface area contributed by atoms with Crippen molar-refractivity contribution in [2.75, 3.05) is 12.0 Å². The largest absolute Gasteiger partial charge is 0.481 e. The van der Waals surface area contributed by atoms with Crippen LogP contribution in [-0.4, -0.2) is 28.9 Å². The van der Waals surface area contributed by atoms with E-state index in [4.69, 9.17) is 5.11 Å². The SMILES string of the molecule is CSCCC(=O)CC(C)C(=O)O. The van der Waals surface area contributed by atoms with E-state index in [1.165, 1.54) is 0 Å². The molecule has 0 aliphatic rings. The van der Waals surface area contributed by atoms with E-state index < -0.39 is 11.9 Å². The van der Waals surface area contributed by atoms with Gasteiger partial charge in [0.25, 0.3) is 0 Å². The maximum absolute atomic E-state index is 11.0. The average Bonchev–Trinajstić information content (AvgIpc) is 2.00. The Kier molecular flexibility index (Phi) is 5.80. The summed E-state index contributed by atoms with van der Waals surface area (Å²) in [6, 6.07) is 0. The fourth-order valence-corrected chi connectivity index (χ4v) is 1.18. The van der Waals surface area contributed by atoms with E-state index in [0.717, 1.165) is 5.75 Å². The van der Waals surface area contributed by atoms with Gasteiger partial charge in [0.15, 0.2) is 0 Å². The lowest BCUT2D eigenvalue weighted by atomic mass is 10.0. The van der Waals surface area contributed by atoms with Crippen molar-refractivity contribution in [3.8, 4) is 0 Å². The van der Waals surface area contributed by atoms with Gasteiger partial charge >= 0.3 is 5.97 Å². The van der Waals surface area contributed by atoms with Crippen LogP contribution >= 0.6 is 11.8 Å². The van der Waals surface area contributed by atoms with Crippen molar-refractivity contribution < 1.29 is 14.7 Å². The third kappa shape index (κ3) is 5.18. The second kappa shape index (κ2) is 6.06. The molecule has 0 radical (unpaired) electrons. The summed E-state index contributed by atoms with van der Waals surface area (Å²) in [6.07, 6.45) is 2.57. The number of aliphatic carboxylic acids is 1. The van der Waals surface area contributed by atoms with E-state index in [-0.39, 0.29) is 12.2 Å². The van der Waals surface area contributed by atoms with Gasteiger partial charge in [-0.3, -0.25) is 9.59 Å². The molecule has 0 aliphatic carbocycles. The molecule has 0 aromatic carbocycles. The van der Waals surface area contributed by atoms with Crippen molar-refractivity contribution in [1.29, 1.82) is 0 Å². The Morgan fingerprint density at radius 3 is 2.50 bits per heavy atom. The number of rotatable bonds is 6. The van der Waals surface area contributed by atoms with Crippen molar-refractivity contribution >= 4 is 23.5 Å². The maximum atomic E-state index is 11.0. The third-order valence-corrected chi connectivity index (χ3v) is 2.15. The monoisotopic (exact) mass is 190 g/mol. The van der Waals surface area contributed by atoms with Crippen LogP contribution in [0.5, 0.6) is 0 Å². The summed E-state index contributed by atoms with van der Waals surface area (Å²) in [5.74, 6) is -0.614. The summed E-state index contributed by atoms with van der Waals surface area (Å²) >= 11 is 1.60. The predicted molar refractivity (Wildman–Crippen MR) is 49.4 cm³/mol. The van der Waals surface area contributed by atoms with Gasteiger partial charge in [-0.15, -0.1) is 0 Å². The first-order chi connectivity index (χ1) is 5.57. The summed E-state index contributed by atoms with van der Waals surface area (Å²) in [7, 11) is 0. The first-order valence-electron chi connectivity index (χ1n) is 3.81. The fraction of sp³-hybridized carbons (Fsp3) is 0.750. The van der Waals surface area contributed by atoms with E-state index >= 15 is 0 Å². The Hall–Kier alpha value is -0.510. The molecule has 4 heteroatoms. The van der Waals surface area contributed by atoms with Gasteiger partial charge in [0, 0.05) is 12.8 Å². The van der Waals surface area contributed by atoms with Crippen molar-refractivity contribution in [1.82, 2.24) is 0 Å². The summed E-state index contributed by atoms with van der Waals surface area (Å²) in [6.45, 7) is 1.55. The molecule has 0 aromatic rings. The highest BCUT2D eigenvalue weighted by Crippen LogP contribution is 2.06. The molecule has 0 saturated heterocycles. The number of Topliss-reactive ketones (excluding diaryl/α,β-unsaturated/α-hetero) is 1. The highest BCUT2D eigenvalue weighted by molar-refractivity contribution is 7.98. The number of carbonyl (C=O) groups is 2. The number of thioether (sulfide) groups is 1. The summed E-state index contributed by atoms with van der Waals surface area (Å²) in [5.41, 5.74) is 0.